The van der Waals surface area contributed by atoms with Crippen LogP contribution in [0.4, 0.5) is 15.9 Å². The molecule has 12 atom stereocenters. The van der Waals surface area contributed by atoms with Gasteiger partial charge in [0.1, 0.15) is 102 Å². The van der Waals surface area contributed by atoms with E-state index in [1.807, 2.05) is 85.7 Å². The number of ether oxygens (including phenoxy) is 1. The number of aliphatic hydroxyl groups is 1. The zero-order valence-electron chi connectivity index (χ0n) is 76.7. The van der Waals surface area contributed by atoms with E-state index in [2.05, 4.69) is 47.2 Å². The molecule has 0 radical (unpaired) electrons. The third kappa shape index (κ3) is 28.6. The van der Waals surface area contributed by atoms with Crippen LogP contribution >= 0.6 is 11.6 Å². The Morgan fingerprint density at radius 2 is 1.20 bits per heavy atom. The molecule has 2 aromatic heterocycles. The van der Waals surface area contributed by atoms with Crippen molar-refractivity contribution in [3.8, 4) is 17.1 Å². The third-order valence-electron chi connectivity index (χ3n) is 22.7. The summed E-state index contributed by atoms with van der Waals surface area (Å²) in [5, 5.41) is 34.3. The van der Waals surface area contributed by atoms with E-state index < -0.39 is 156 Å². The highest BCUT2D eigenvalue weighted by atomic mass is 35.5. The number of furan rings is 1. The monoisotopic (exact) mass is 1750 g/mol. The lowest BCUT2D eigenvalue weighted by Gasteiger charge is -2.41. The van der Waals surface area contributed by atoms with Gasteiger partial charge in [-0.25, -0.2) is 14.4 Å². The minimum atomic E-state index is -1.76. The van der Waals surface area contributed by atoms with Crippen LogP contribution in [-0.4, -0.2) is 256 Å². The molecule has 1 fully saturated rings. The van der Waals surface area contributed by atoms with E-state index in [1.165, 1.54) is 106 Å². The van der Waals surface area contributed by atoms with Crippen molar-refractivity contribution in [1.29, 1.82) is 0 Å². The summed E-state index contributed by atoms with van der Waals surface area (Å²) in [6.07, 6.45) is 1.05. The SMILES string of the molecule is CC[C@@H]1NC(=O)[C@H]([C@H](O)[C@H](C)CCCC(=O)NCCNCc2ccc(-c3ccc4ncnc(Nc5ccc(OCc6cccc(F)c6)c(Cl)c5)c4c3)o2)N(C)C(=O)[C@H](C(C)C)N(C)C(=O)[C@H](CC(C)C)N(C)C(=O)[C@H](CC(C)C)N(C)C(=O)[C@@H](C)NC(=O)[C@H](C)NC(=O)[C@H](CC(C)C)N(C)C(=O)[C@H](C(C)C)NC(=O)[C@H](CCC(C)C)N(C)C(=O)CN(C)C1=O. The molecule has 1 aliphatic rings. The average Bonchev–Trinajstić information content (AvgIpc) is 1.05. The lowest BCUT2D eigenvalue weighted by Crippen LogP contribution is -2.63. The number of nitrogens with one attached hydrogen (secondary N) is 7. The molecule has 8 N–H and O–H groups in total. The number of nitrogens with zero attached hydrogens (tertiary/aromatic N) is 9. The molecule has 3 heterocycles. The topological polar surface area (TPSA) is 380 Å². The summed E-state index contributed by atoms with van der Waals surface area (Å²) in [5.74, 6) is -8.96. The molecule has 124 heavy (non-hydrogen) atoms. The van der Waals surface area contributed by atoms with Gasteiger partial charge in [-0.3, -0.25) is 57.5 Å². The van der Waals surface area contributed by atoms with Gasteiger partial charge >= 0.3 is 0 Å². The number of amides is 12. The predicted octanol–water partition coefficient (Wildman–Crippen LogP) is 9.09. The van der Waals surface area contributed by atoms with Crippen LogP contribution in [0.15, 0.2) is 83.5 Å². The van der Waals surface area contributed by atoms with Crippen molar-refractivity contribution < 1.29 is 76.2 Å². The molecule has 0 aliphatic carbocycles. The predicted molar refractivity (Wildman–Crippen MR) is 475 cm³/mol. The Bertz CT molecular complexity index is 4490. The number of carbonyl (C=O) groups excluding carboxylic acids is 12. The molecule has 31 nitrogen and oxygen atoms in total. The molecule has 1 saturated heterocycles. The fourth-order valence-corrected chi connectivity index (χ4v) is 15.4. The fourth-order valence-electron chi connectivity index (χ4n) is 15.2. The second kappa shape index (κ2) is 47.7. The number of anilines is 2. The third-order valence-corrected chi connectivity index (χ3v) is 23.0. The van der Waals surface area contributed by atoms with Gasteiger partial charge in [0.2, 0.25) is 70.9 Å². The number of hydrogen-bond acceptors (Lipinski definition) is 19. The Balaban J connectivity index is 1.24. The molecule has 6 rings (SSSR count). The zero-order valence-corrected chi connectivity index (χ0v) is 77.5. The first-order valence-corrected chi connectivity index (χ1v) is 43.6. The number of benzene rings is 3. The van der Waals surface area contributed by atoms with Crippen molar-refractivity contribution in [1.82, 2.24) is 76.2 Å². The van der Waals surface area contributed by atoms with Gasteiger partial charge in [-0.1, -0.05) is 121 Å². The molecule has 0 saturated carbocycles. The molecule has 684 valence electrons. The summed E-state index contributed by atoms with van der Waals surface area (Å²) < 4.78 is 25.9. The molecular formula is C91H136ClFN16O15. The number of halogens is 2. The van der Waals surface area contributed by atoms with Gasteiger partial charge in [-0.15, -0.1) is 0 Å². The number of rotatable bonds is 29. The highest BCUT2D eigenvalue weighted by molar-refractivity contribution is 6.32. The first kappa shape index (κ1) is 102. The smallest absolute Gasteiger partial charge is 0.246 e. The van der Waals surface area contributed by atoms with Crippen molar-refractivity contribution in [2.75, 3.05) is 74.3 Å². The van der Waals surface area contributed by atoms with Crippen LogP contribution in [0.2, 0.25) is 5.02 Å². The number of aliphatic hydroxyl groups excluding tert-OH is 1. The first-order chi connectivity index (χ1) is 58.3. The average molecular weight is 1750 g/mol. The maximum absolute atomic E-state index is 15.6. The first-order valence-electron chi connectivity index (χ1n) is 43.3. The van der Waals surface area contributed by atoms with Crippen LogP contribution in [0.5, 0.6) is 5.75 Å². The molecule has 0 bridgehead atoms. The van der Waals surface area contributed by atoms with E-state index in [-0.39, 0.29) is 99.9 Å². The standard InChI is InChI=1S/C91H136ClFN16O15/c1-24-67-87(118)103(17)48-76(111)104(18)69(36-31-51(2)3)83(114)102-77(55(10)11)90(121)105(19)70(41-52(4)5)84(115)98-58(15)82(113)99-59(16)86(117)106(20)71(42-53(6)7)88(119)107(21)72(43-54(8)9)89(120)108(22)78(56(12)13)91(122)109(23)79(85(116)101-67)80(112)57(14)27-25-30-75(110)95-40-39-94-47-64-34-38-73(124-64)61-32-35-68-65(45-61)81(97-50-96-68)100-63-33-37-74(66(92)46-63)123-49-60-28-26-29-62(93)44-60/h26,28-29,32-35,37-38,44-46,50-59,67,69-72,77-80,94,112H,24-25,27,30-31,36,39-43,47-49H2,1-23H3,(H,95,110)(H,98,115)(H,99,113)(H,101,116)(H,102,114)(H,96,97,100)/t57-,58+,59-,67+,69+,70+,71+,72+,77+,78+,79+,80-/m1/s1. The van der Waals surface area contributed by atoms with Crippen LogP contribution in [-0.2, 0) is 70.7 Å². The Labute approximate surface area is 735 Å². The molecule has 12 amide bonds. The lowest BCUT2D eigenvalue weighted by molar-refractivity contribution is -0.157. The van der Waals surface area contributed by atoms with Crippen LogP contribution in [0.25, 0.3) is 22.2 Å². The van der Waals surface area contributed by atoms with Crippen LogP contribution in [0, 0.1) is 47.2 Å². The quantitative estimate of drug-likeness (QED) is 0.0207. The summed E-state index contributed by atoms with van der Waals surface area (Å²) in [5.41, 5.74) is 2.73. The molecule has 5 aromatic rings. The van der Waals surface area contributed by atoms with Gasteiger partial charge in [0, 0.05) is 85.5 Å². The minimum Gasteiger partial charge on any atom is -0.487 e. The Hall–Kier alpha value is -10.3. The van der Waals surface area contributed by atoms with Crippen molar-refractivity contribution in [3.63, 3.8) is 0 Å². The second-order valence-corrected chi connectivity index (χ2v) is 35.9. The van der Waals surface area contributed by atoms with Crippen molar-refractivity contribution >= 4 is 105 Å². The van der Waals surface area contributed by atoms with Gasteiger partial charge in [0.15, 0.2) is 0 Å². The normalized spacial score (nSPS) is 22.0. The van der Waals surface area contributed by atoms with Gasteiger partial charge in [0.05, 0.1) is 29.7 Å². The Kier molecular flexibility index (Phi) is 39.4. The van der Waals surface area contributed by atoms with Crippen LogP contribution in [0.1, 0.15) is 180 Å². The lowest BCUT2D eigenvalue weighted by atomic mass is 9.90. The molecule has 0 spiro atoms. The molecule has 3 aromatic carbocycles. The summed E-state index contributed by atoms with van der Waals surface area (Å²) >= 11 is 6.62. The molecule has 0 unspecified atom stereocenters. The van der Waals surface area contributed by atoms with E-state index >= 15 is 19.2 Å². The van der Waals surface area contributed by atoms with Gasteiger partial charge in [-0.2, -0.15) is 0 Å². The Morgan fingerprint density at radius 1 is 0.597 bits per heavy atom. The van der Waals surface area contributed by atoms with Gasteiger partial charge < -0.3 is 85.8 Å². The summed E-state index contributed by atoms with van der Waals surface area (Å²) in [6, 6.07) is 7.70. The minimum absolute atomic E-state index is 0.0103. The van der Waals surface area contributed by atoms with Crippen molar-refractivity contribution in [2.24, 2.45) is 41.4 Å². The second-order valence-electron chi connectivity index (χ2n) is 35.5. The molecular weight excluding hydrogens is 1610 g/mol. The van der Waals surface area contributed by atoms with Crippen molar-refractivity contribution in [3.05, 3.63) is 101 Å². The highest BCUT2D eigenvalue weighted by Crippen LogP contribution is 2.34. The molecule has 1 aliphatic heterocycles. The number of likely N-dealkylation sites (N-methyl/N-ethyl adjacent to an activating group) is 7. The fraction of sp³-hybridized carbons (Fsp3) is 0.604. The van der Waals surface area contributed by atoms with E-state index in [4.69, 9.17) is 20.8 Å². The summed E-state index contributed by atoms with van der Waals surface area (Å²) in [7, 11) is 9.79. The van der Waals surface area contributed by atoms with E-state index in [0.29, 0.717) is 69.8 Å². The van der Waals surface area contributed by atoms with Gasteiger partial charge in [-0.05, 0) is 173 Å². The van der Waals surface area contributed by atoms with E-state index in [9.17, 15) is 47.9 Å². The number of carbonyl (C=O) groups is 12. The van der Waals surface area contributed by atoms with E-state index in [0.717, 1.165) is 15.4 Å². The summed E-state index contributed by atoms with van der Waals surface area (Å²) in [6.45, 7) is 28.5. The largest absolute Gasteiger partial charge is 0.487 e. The Morgan fingerprint density at radius 3 is 1.81 bits per heavy atom. The number of fused-ring (bicyclic) bond motifs is 1. The van der Waals surface area contributed by atoms with Gasteiger partial charge in [0.25, 0.3) is 0 Å². The van der Waals surface area contributed by atoms with Crippen LogP contribution in [0.3, 0.4) is 0 Å². The summed E-state index contributed by atoms with van der Waals surface area (Å²) in [4.78, 5) is 194. The zero-order chi connectivity index (χ0) is 92.6. The molecule has 33 heteroatoms. The van der Waals surface area contributed by atoms with E-state index in [1.54, 1.807) is 71.9 Å². The van der Waals surface area contributed by atoms with Crippen LogP contribution < -0.4 is 42.0 Å². The highest BCUT2D eigenvalue weighted by Gasteiger charge is 2.46. The number of hydrogen-bond donors (Lipinski definition) is 8. The maximum atomic E-state index is 15.6. The van der Waals surface area contributed by atoms with Crippen molar-refractivity contribution in [2.45, 2.75) is 248 Å². The number of aromatic nitrogens is 2. The maximum Gasteiger partial charge on any atom is 0.246 e.